The smallest absolute Gasteiger partial charge is 0.236 e. The van der Waals surface area contributed by atoms with Gasteiger partial charge in [0.05, 0.1) is 18.3 Å². The van der Waals surface area contributed by atoms with Crippen molar-refractivity contribution in [2.24, 2.45) is 0 Å². The molecule has 1 unspecified atom stereocenters. The monoisotopic (exact) mass is 363 g/mol. The number of aromatic nitrogens is 1. The molecule has 0 saturated carbocycles. The topological polar surface area (TPSA) is 36.4 Å². The van der Waals surface area contributed by atoms with Crippen LogP contribution < -0.4 is 0 Å². The van der Waals surface area contributed by atoms with Crippen LogP contribution >= 0.6 is 0 Å². The first-order chi connectivity index (χ1) is 13.3. The van der Waals surface area contributed by atoms with Crippen molar-refractivity contribution in [3.05, 3.63) is 65.5 Å². The summed E-state index contributed by atoms with van der Waals surface area (Å²) >= 11 is 0. The van der Waals surface area contributed by atoms with Crippen molar-refractivity contribution in [3.63, 3.8) is 0 Å². The van der Waals surface area contributed by atoms with Gasteiger partial charge in [-0.2, -0.15) is 0 Å². The van der Waals surface area contributed by atoms with Crippen LogP contribution in [0.3, 0.4) is 0 Å². The van der Waals surface area contributed by atoms with Gasteiger partial charge in [-0.05, 0) is 56.3 Å². The lowest BCUT2D eigenvalue weighted by Gasteiger charge is -2.30. The number of carbonyl (C=O) groups excluding carboxylic acids is 1. The highest BCUT2D eigenvalue weighted by molar-refractivity contribution is 5.78. The summed E-state index contributed by atoms with van der Waals surface area (Å²) in [4.78, 5) is 22.0. The van der Waals surface area contributed by atoms with Crippen LogP contribution in [0.5, 0.6) is 0 Å². The minimum absolute atomic E-state index is 0.273. The molecular formula is C23H29N3O. The van der Waals surface area contributed by atoms with E-state index in [1.165, 1.54) is 12.0 Å². The maximum absolute atomic E-state index is 12.7. The fraction of sp³-hybridized carbons (Fsp3) is 0.478. The lowest BCUT2D eigenvalue weighted by Crippen LogP contribution is -2.42. The lowest BCUT2D eigenvalue weighted by molar-refractivity contribution is -0.133. The Bertz CT molecular complexity index is 755. The van der Waals surface area contributed by atoms with Crippen molar-refractivity contribution >= 4 is 5.91 Å². The molecule has 1 atom stereocenters. The molecule has 1 aromatic heterocycles. The van der Waals surface area contributed by atoms with Gasteiger partial charge in [0.1, 0.15) is 0 Å². The second-order valence-electron chi connectivity index (χ2n) is 7.79. The van der Waals surface area contributed by atoms with Crippen LogP contribution in [-0.2, 0) is 11.2 Å². The Kier molecular flexibility index (Phi) is 5.83. The zero-order chi connectivity index (χ0) is 18.5. The zero-order valence-corrected chi connectivity index (χ0v) is 16.0. The third kappa shape index (κ3) is 4.56. The average molecular weight is 364 g/mol. The molecule has 1 amide bonds. The predicted molar refractivity (Wildman–Crippen MR) is 107 cm³/mol. The molecule has 2 aliphatic rings. The second-order valence-corrected chi connectivity index (χ2v) is 7.79. The molecule has 0 aliphatic carbocycles. The highest BCUT2D eigenvalue weighted by atomic mass is 16.2. The normalized spacial score (nSPS) is 20.7. The van der Waals surface area contributed by atoms with Gasteiger partial charge in [0.2, 0.25) is 5.91 Å². The Morgan fingerprint density at radius 1 is 0.926 bits per heavy atom. The molecule has 2 aromatic rings. The quantitative estimate of drug-likeness (QED) is 0.810. The van der Waals surface area contributed by atoms with E-state index in [1.807, 2.05) is 6.07 Å². The van der Waals surface area contributed by atoms with Gasteiger partial charge in [-0.25, -0.2) is 0 Å². The molecule has 0 radical (unpaired) electrons. The molecule has 4 heteroatoms. The van der Waals surface area contributed by atoms with Crippen LogP contribution in [0, 0.1) is 0 Å². The summed E-state index contributed by atoms with van der Waals surface area (Å²) in [6.45, 7) is 3.40. The van der Waals surface area contributed by atoms with Crippen LogP contribution in [-0.4, -0.2) is 46.9 Å². The van der Waals surface area contributed by atoms with E-state index in [1.54, 1.807) is 0 Å². The van der Waals surface area contributed by atoms with Crippen molar-refractivity contribution in [2.75, 3.05) is 26.2 Å². The lowest BCUT2D eigenvalue weighted by atomic mass is 10.1. The van der Waals surface area contributed by atoms with E-state index in [2.05, 4.69) is 52.3 Å². The minimum Gasteiger partial charge on any atom is -0.342 e. The number of nitrogens with zero attached hydrogens (tertiary/aromatic N) is 3. The van der Waals surface area contributed by atoms with Crippen molar-refractivity contribution < 1.29 is 4.79 Å². The van der Waals surface area contributed by atoms with E-state index in [4.69, 9.17) is 4.98 Å². The molecule has 1 aromatic carbocycles. The maximum Gasteiger partial charge on any atom is 0.236 e. The number of pyridine rings is 1. The van der Waals surface area contributed by atoms with Crippen LogP contribution in [0.15, 0.2) is 48.5 Å². The summed E-state index contributed by atoms with van der Waals surface area (Å²) in [6, 6.07) is 17.1. The highest BCUT2D eigenvalue weighted by Crippen LogP contribution is 2.31. The first-order valence-corrected chi connectivity index (χ1v) is 10.3. The van der Waals surface area contributed by atoms with E-state index in [-0.39, 0.29) is 6.04 Å². The number of benzene rings is 1. The summed E-state index contributed by atoms with van der Waals surface area (Å²) in [6.07, 6.45) is 6.65. The molecule has 2 aliphatic heterocycles. The molecule has 0 spiro atoms. The Labute approximate surface area is 162 Å². The van der Waals surface area contributed by atoms with Gasteiger partial charge < -0.3 is 4.90 Å². The fourth-order valence-electron chi connectivity index (χ4n) is 4.35. The van der Waals surface area contributed by atoms with Gasteiger partial charge in [0.15, 0.2) is 0 Å². The molecule has 4 rings (SSSR count). The molecule has 2 saturated heterocycles. The molecular weight excluding hydrogens is 334 g/mol. The van der Waals surface area contributed by atoms with Gasteiger partial charge in [-0.15, -0.1) is 0 Å². The molecule has 142 valence electrons. The first-order valence-electron chi connectivity index (χ1n) is 10.3. The number of hydrogen-bond acceptors (Lipinski definition) is 3. The molecule has 0 N–H and O–H groups in total. The van der Waals surface area contributed by atoms with Gasteiger partial charge in [0, 0.05) is 25.2 Å². The Hall–Kier alpha value is -2.20. The van der Waals surface area contributed by atoms with E-state index in [0.717, 1.165) is 63.1 Å². The molecule has 4 nitrogen and oxygen atoms in total. The first kappa shape index (κ1) is 18.2. The van der Waals surface area contributed by atoms with E-state index < -0.39 is 0 Å². The number of hydrogen-bond donors (Lipinski definition) is 0. The summed E-state index contributed by atoms with van der Waals surface area (Å²) in [5.41, 5.74) is 3.51. The van der Waals surface area contributed by atoms with Crippen molar-refractivity contribution in [1.29, 1.82) is 0 Å². The molecule has 0 bridgehead atoms. The molecule has 3 heterocycles. The van der Waals surface area contributed by atoms with E-state index >= 15 is 0 Å². The Morgan fingerprint density at radius 3 is 2.56 bits per heavy atom. The number of rotatable bonds is 5. The fourth-order valence-corrected chi connectivity index (χ4v) is 4.35. The summed E-state index contributed by atoms with van der Waals surface area (Å²) in [5, 5.41) is 0. The number of amides is 1. The van der Waals surface area contributed by atoms with Crippen molar-refractivity contribution in [3.8, 4) is 0 Å². The van der Waals surface area contributed by atoms with E-state index in [9.17, 15) is 4.79 Å². The number of likely N-dealkylation sites (tertiary alicyclic amines) is 2. The van der Waals surface area contributed by atoms with Crippen LogP contribution in [0.2, 0.25) is 0 Å². The molecule has 2 fully saturated rings. The van der Waals surface area contributed by atoms with Crippen LogP contribution in [0.1, 0.15) is 55.1 Å². The zero-order valence-electron chi connectivity index (χ0n) is 16.0. The predicted octanol–water partition coefficient (Wildman–Crippen LogP) is 3.82. The average Bonchev–Trinajstić information content (AvgIpc) is 3.18. The summed E-state index contributed by atoms with van der Waals surface area (Å²) < 4.78 is 0. The number of piperidine rings is 1. The van der Waals surface area contributed by atoms with Gasteiger partial charge in [0.25, 0.3) is 0 Å². The Balaban J connectivity index is 1.43. The second kappa shape index (κ2) is 8.66. The Morgan fingerprint density at radius 2 is 1.74 bits per heavy atom. The van der Waals surface area contributed by atoms with Crippen LogP contribution in [0.4, 0.5) is 0 Å². The van der Waals surface area contributed by atoms with Crippen LogP contribution in [0.25, 0.3) is 0 Å². The summed E-state index contributed by atoms with van der Waals surface area (Å²) in [7, 11) is 0. The van der Waals surface area contributed by atoms with E-state index in [0.29, 0.717) is 12.5 Å². The van der Waals surface area contributed by atoms with Gasteiger partial charge >= 0.3 is 0 Å². The van der Waals surface area contributed by atoms with Crippen molar-refractivity contribution in [1.82, 2.24) is 14.8 Å². The standard InChI is InChI=1S/C23H29N3O/c27-23(25-14-5-2-6-15-25)18-26-16-8-13-22(26)21-12-7-11-20(24-21)17-19-9-3-1-4-10-19/h1,3-4,7,9-12,22H,2,5-6,8,13-18H2. The number of carbonyl (C=O) groups is 1. The largest absolute Gasteiger partial charge is 0.342 e. The SMILES string of the molecule is O=C(CN1CCCC1c1cccc(Cc2ccccc2)n1)N1CCCCC1. The highest BCUT2D eigenvalue weighted by Gasteiger charge is 2.30. The van der Waals surface area contributed by atoms with Gasteiger partial charge in [-0.3, -0.25) is 14.7 Å². The van der Waals surface area contributed by atoms with Gasteiger partial charge in [-0.1, -0.05) is 36.4 Å². The molecule has 27 heavy (non-hydrogen) atoms. The minimum atomic E-state index is 0.273. The van der Waals surface area contributed by atoms with Crippen molar-refractivity contribution in [2.45, 2.75) is 44.6 Å². The third-order valence-corrected chi connectivity index (χ3v) is 5.81. The maximum atomic E-state index is 12.7. The third-order valence-electron chi connectivity index (χ3n) is 5.81. The summed E-state index contributed by atoms with van der Waals surface area (Å²) in [5.74, 6) is 0.294.